The van der Waals surface area contributed by atoms with Crippen LogP contribution in [0.1, 0.15) is 26.2 Å². The molecular formula is C12H15NO2S. The summed E-state index contributed by atoms with van der Waals surface area (Å²) in [4.78, 5) is 11.8. The SMILES string of the molecule is CC1(Sc2cccc(OC(N)=O)c2)CCC1. The quantitative estimate of drug-likeness (QED) is 0.878. The lowest BCUT2D eigenvalue weighted by atomic mass is 9.86. The van der Waals surface area contributed by atoms with Gasteiger partial charge >= 0.3 is 6.09 Å². The van der Waals surface area contributed by atoms with E-state index in [4.69, 9.17) is 10.5 Å². The zero-order chi connectivity index (χ0) is 11.6. The Balaban J connectivity index is 2.06. The van der Waals surface area contributed by atoms with Crippen molar-refractivity contribution in [2.24, 2.45) is 5.73 Å². The van der Waals surface area contributed by atoms with Crippen LogP contribution in [0.4, 0.5) is 4.79 Å². The Bertz CT molecular complexity index is 402. The molecule has 0 spiro atoms. The number of thioether (sulfide) groups is 1. The molecule has 1 amide bonds. The van der Waals surface area contributed by atoms with Gasteiger partial charge in [0, 0.05) is 9.64 Å². The summed E-state index contributed by atoms with van der Waals surface area (Å²) in [6, 6.07) is 7.50. The Morgan fingerprint density at radius 2 is 2.25 bits per heavy atom. The van der Waals surface area contributed by atoms with Gasteiger partial charge in [0.25, 0.3) is 0 Å². The van der Waals surface area contributed by atoms with Crippen molar-refractivity contribution < 1.29 is 9.53 Å². The highest BCUT2D eigenvalue weighted by atomic mass is 32.2. The summed E-state index contributed by atoms with van der Waals surface area (Å²) in [6.07, 6.45) is 3.04. The third kappa shape index (κ3) is 2.70. The number of benzene rings is 1. The van der Waals surface area contributed by atoms with E-state index in [0.29, 0.717) is 10.5 Å². The molecule has 1 aromatic rings. The zero-order valence-corrected chi connectivity index (χ0v) is 10.0. The molecule has 0 aromatic heterocycles. The molecule has 0 aliphatic heterocycles. The van der Waals surface area contributed by atoms with E-state index in [9.17, 15) is 4.79 Å². The van der Waals surface area contributed by atoms with Crippen molar-refractivity contribution in [1.82, 2.24) is 0 Å². The highest BCUT2D eigenvalue weighted by molar-refractivity contribution is 8.00. The summed E-state index contributed by atoms with van der Waals surface area (Å²) >= 11 is 1.84. The van der Waals surface area contributed by atoms with Gasteiger partial charge in [0.05, 0.1) is 0 Å². The van der Waals surface area contributed by atoms with Gasteiger partial charge in [-0.05, 0) is 31.0 Å². The van der Waals surface area contributed by atoms with E-state index in [0.717, 1.165) is 4.90 Å². The number of ether oxygens (including phenoxy) is 1. The normalized spacial score (nSPS) is 17.6. The third-order valence-electron chi connectivity index (χ3n) is 2.80. The van der Waals surface area contributed by atoms with E-state index >= 15 is 0 Å². The molecule has 0 unspecified atom stereocenters. The zero-order valence-electron chi connectivity index (χ0n) is 9.23. The summed E-state index contributed by atoms with van der Waals surface area (Å²) in [5.41, 5.74) is 4.97. The minimum absolute atomic E-state index is 0.353. The second-order valence-corrected chi connectivity index (χ2v) is 5.96. The van der Waals surface area contributed by atoms with Crippen LogP contribution in [-0.4, -0.2) is 10.8 Å². The third-order valence-corrected chi connectivity index (χ3v) is 4.19. The predicted molar refractivity (Wildman–Crippen MR) is 64.8 cm³/mol. The van der Waals surface area contributed by atoms with Crippen molar-refractivity contribution in [2.75, 3.05) is 0 Å². The lowest BCUT2D eigenvalue weighted by Crippen LogP contribution is -2.28. The van der Waals surface area contributed by atoms with Crippen LogP contribution in [0.3, 0.4) is 0 Å². The molecule has 1 fully saturated rings. The van der Waals surface area contributed by atoms with Gasteiger partial charge in [0.15, 0.2) is 0 Å². The summed E-state index contributed by atoms with van der Waals surface area (Å²) in [5, 5.41) is 0. The van der Waals surface area contributed by atoms with Crippen molar-refractivity contribution in [2.45, 2.75) is 35.8 Å². The highest BCUT2D eigenvalue weighted by Gasteiger charge is 2.32. The average Bonchev–Trinajstić information content (AvgIpc) is 2.14. The van der Waals surface area contributed by atoms with Crippen LogP contribution in [0.15, 0.2) is 29.2 Å². The van der Waals surface area contributed by atoms with Gasteiger partial charge in [-0.1, -0.05) is 19.4 Å². The van der Waals surface area contributed by atoms with Crippen molar-refractivity contribution in [3.8, 4) is 5.75 Å². The molecule has 1 aliphatic rings. The van der Waals surface area contributed by atoms with Gasteiger partial charge < -0.3 is 10.5 Å². The molecule has 2 rings (SSSR count). The molecule has 0 heterocycles. The van der Waals surface area contributed by atoms with E-state index in [1.165, 1.54) is 19.3 Å². The monoisotopic (exact) mass is 237 g/mol. The largest absolute Gasteiger partial charge is 0.410 e. The Kier molecular flexibility index (Phi) is 3.10. The molecule has 1 aliphatic carbocycles. The molecule has 0 radical (unpaired) electrons. The number of rotatable bonds is 3. The van der Waals surface area contributed by atoms with Crippen LogP contribution in [0.2, 0.25) is 0 Å². The van der Waals surface area contributed by atoms with Crippen molar-refractivity contribution in [3.63, 3.8) is 0 Å². The summed E-state index contributed by atoms with van der Waals surface area (Å²) in [5.74, 6) is 0.514. The molecule has 1 saturated carbocycles. The van der Waals surface area contributed by atoms with Crippen LogP contribution >= 0.6 is 11.8 Å². The first kappa shape index (κ1) is 11.3. The van der Waals surface area contributed by atoms with Gasteiger partial charge in [0.1, 0.15) is 5.75 Å². The maximum absolute atomic E-state index is 10.6. The second-order valence-electron chi connectivity index (χ2n) is 4.30. The van der Waals surface area contributed by atoms with Gasteiger partial charge in [-0.3, -0.25) is 0 Å². The van der Waals surface area contributed by atoms with Gasteiger partial charge in [-0.15, -0.1) is 11.8 Å². The van der Waals surface area contributed by atoms with Crippen LogP contribution in [0.25, 0.3) is 0 Å². The van der Waals surface area contributed by atoms with Crippen LogP contribution in [0, 0.1) is 0 Å². The molecule has 4 heteroatoms. The summed E-state index contributed by atoms with van der Waals surface area (Å²) in [6.45, 7) is 2.27. The molecule has 0 atom stereocenters. The number of primary amides is 1. The number of nitrogens with two attached hydrogens (primary N) is 1. The molecule has 86 valence electrons. The molecule has 16 heavy (non-hydrogen) atoms. The van der Waals surface area contributed by atoms with Crippen molar-refractivity contribution >= 4 is 17.9 Å². The van der Waals surface area contributed by atoms with Crippen LogP contribution in [-0.2, 0) is 0 Å². The number of amides is 1. The first-order chi connectivity index (χ1) is 7.57. The Hall–Kier alpha value is -1.16. The maximum atomic E-state index is 10.6. The van der Waals surface area contributed by atoms with E-state index < -0.39 is 6.09 Å². The topological polar surface area (TPSA) is 52.3 Å². The lowest BCUT2D eigenvalue weighted by Gasteiger charge is -2.37. The van der Waals surface area contributed by atoms with E-state index in [2.05, 4.69) is 6.92 Å². The van der Waals surface area contributed by atoms with E-state index in [-0.39, 0.29) is 0 Å². The fourth-order valence-electron chi connectivity index (χ4n) is 1.78. The average molecular weight is 237 g/mol. The molecule has 0 saturated heterocycles. The summed E-state index contributed by atoms with van der Waals surface area (Å²) in [7, 11) is 0. The first-order valence-corrected chi connectivity index (χ1v) is 6.15. The van der Waals surface area contributed by atoms with Crippen LogP contribution in [0.5, 0.6) is 5.75 Å². The molecule has 1 aromatic carbocycles. The molecule has 3 nitrogen and oxygen atoms in total. The molecule has 0 bridgehead atoms. The maximum Gasteiger partial charge on any atom is 0.409 e. The highest BCUT2D eigenvalue weighted by Crippen LogP contribution is 2.47. The van der Waals surface area contributed by atoms with E-state index in [1.54, 1.807) is 6.07 Å². The minimum atomic E-state index is -0.767. The van der Waals surface area contributed by atoms with Crippen molar-refractivity contribution in [3.05, 3.63) is 24.3 Å². The van der Waals surface area contributed by atoms with Crippen LogP contribution < -0.4 is 10.5 Å². The Labute approximate surface area is 99.4 Å². The van der Waals surface area contributed by atoms with E-state index in [1.807, 2.05) is 30.0 Å². The first-order valence-electron chi connectivity index (χ1n) is 5.34. The van der Waals surface area contributed by atoms with Gasteiger partial charge in [0.2, 0.25) is 0 Å². The van der Waals surface area contributed by atoms with Gasteiger partial charge in [-0.25, -0.2) is 4.79 Å². The van der Waals surface area contributed by atoms with Crippen molar-refractivity contribution in [1.29, 1.82) is 0 Å². The smallest absolute Gasteiger partial charge is 0.409 e. The second kappa shape index (κ2) is 4.37. The predicted octanol–water partition coefficient (Wildman–Crippen LogP) is 3.18. The Morgan fingerprint density at radius 1 is 1.50 bits per heavy atom. The standard InChI is InChI=1S/C12H15NO2S/c1-12(6-3-7-12)16-10-5-2-4-9(8-10)15-11(13)14/h2,4-5,8H,3,6-7H2,1H3,(H2,13,14). The Morgan fingerprint density at radius 3 is 2.81 bits per heavy atom. The fourth-order valence-corrected chi connectivity index (χ4v) is 3.16. The number of hydrogen-bond donors (Lipinski definition) is 1. The molecular weight excluding hydrogens is 222 g/mol. The fraction of sp³-hybridized carbons (Fsp3) is 0.417. The number of hydrogen-bond acceptors (Lipinski definition) is 3. The lowest BCUT2D eigenvalue weighted by molar-refractivity contribution is 0.211. The summed E-state index contributed by atoms with van der Waals surface area (Å²) < 4.78 is 5.20. The number of carbonyl (C=O) groups excluding carboxylic acids is 1. The minimum Gasteiger partial charge on any atom is -0.410 e. The molecule has 2 N–H and O–H groups in total. The van der Waals surface area contributed by atoms with Gasteiger partial charge in [-0.2, -0.15) is 0 Å². The number of carbonyl (C=O) groups is 1.